The molecule has 0 fully saturated rings. The second-order valence-electron chi connectivity index (χ2n) is 6.27. The van der Waals surface area contributed by atoms with Gasteiger partial charge in [0.15, 0.2) is 0 Å². The minimum absolute atomic E-state index is 1.05. The molecule has 1 N–H and O–H groups in total. The Bertz CT molecular complexity index is 371. The molecular weight excluding hydrogens is 363 g/mol. The first-order valence-electron chi connectivity index (χ1n) is 8.86. The molecule has 21 heavy (non-hydrogen) atoms. The van der Waals surface area contributed by atoms with Gasteiger partial charge in [-0.25, -0.2) is 0 Å². The zero-order chi connectivity index (χ0) is 15.6. The van der Waals surface area contributed by atoms with Crippen molar-refractivity contribution >= 4 is 27.8 Å². The van der Waals surface area contributed by atoms with Crippen molar-refractivity contribution in [1.29, 1.82) is 0 Å². The molecule has 0 aliphatic rings. The van der Waals surface area contributed by atoms with Crippen LogP contribution >= 0.6 is 0 Å². The van der Waals surface area contributed by atoms with Gasteiger partial charge in [0.1, 0.15) is 0 Å². The first-order valence-corrected chi connectivity index (χ1v) is 16.3. The zero-order valence-electron chi connectivity index (χ0n) is 14.5. The maximum atomic E-state index is 4.43. The topological polar surface area (TPSA) is 24.9 Å². The van der Waals surface area contributed by atoms with Crippen molar-refractivity contribution < 1.29 is 0 Å². The van der Waals surface area contributed by atoms with Gasteiger partial charge in [0, 0.05) is 0 Å². The van der Waals surface area contributed by atoms with Crippen LogP contribution in [0, 0.1) is 0 Å². The molecule has 0 bridgehead atoms. The summed E-state index contributed by atoms with van der Waals surface area (Å²) in [4.78, 5) is 4.43. The number of nitrogens with one attached hydrogen (secondary N) is 1. The van der Waals surface area contributed by atoms with Crippen LogP contribution in [0.1, 0.15) is 59.3 Å². The van der Waals surface area contributed by atoms with Crippen molar-refractivity contribution in [3.05, 3.63) is 18.3 Å². The van der Waals surface area contributed by atoms with Gasteiger partial charge in [-0.3, -0.25) is 0 Å². The average Bonchev–Trinajstić information content (AvgIpc) is 2.54. The number of nitrogens with zero attached hydrogens (tertiary/aromatic N) is 1. The van der Waals surface area contributed by atoms with E-state index in [0.717, 1.165) is 5.82 Å². The van der Waals surface area contributed by atoms with E-state index in [-0.39, 0.29) is 0 Å². The summed E-state index contributed by atoms with van der Waals surface area (Å²) in [6.07, 6.45) is 10.3. The van der Waals surface area contributed by atoms with Gasteiger partial charge < -0.3 is 0 Å². The summed E-state index contributed by atoms with van der Waals surface area (Å²) in [5, 5.41) is 3.23. The van der Waals surface area contributed by atoms with Crippen LogP contribution in [0.25, 0.3) is 0 Å². The summed E-state index contributed by atoms with van der Waals surface area (Å²) in [6, 6.07) is 4.72. The monoisotopic (exact) mass is 398 g/mol. The molecule has 0 saturated carbocycles. The second-order valence-corrected chi connectivity index (χ2v) is 19.5. The van der Waals surface area contributed by atoms with E-state index < -0.39 is 18.4 Å². The second kappa shape index (κ2) is 10.5. The van der Waals surface area contributed by atoms with E-state index >= 15 is 0 Å². The molecule has 3 heteroatoms. The van der Waals surface area contributed by atoms with Gasteiger partial charge in [-0.05, 0) is 0 Å². The van der Waals surface area contributed by atoms with Gasteiger partial charge in [-0.15, -0.1) is 0 Å². The van der Waals surface area contributed by atoms with E-state index in [4.69, 9.17) is 0 Å². The molecule has 1 heterocycles. The summed E-state index contributed by atoms with van der Waals surface area (Å²) >= 11 is -2.24. The van der Waals surface area contributed by atoms with E-state index in [9.17, 15) is 0 Å². The van der Waals surface area contributed by atoms with E-state index in [1.54, 1.807) is 3.58 Å². The number of anilines is 1. The summed E-state index contributed by atoms with van der Waals surface area (Å²) in [5.41, 5.74) is 0. The number of hydrogen-bond donors (Lipinski definition) is 1. The standard InChI is InChI=1S/C6H7N2.3C4H9.Sn/c1-7-6-4-2-3-5-8-6;3*1-3-4-2;/h3-5H,1H3,(H,7,8);3*1,3-4H2,2H3;. The Hall–Kier alpha value is -0.251. The fraction of sp³-hybridized carbons (Fsp3) is 0.722. The number of rotatable bonds is 11. The Kier molecular flexibility index (Phi) is 9.37. The van der Waals surface area contributed by atoms with E-state index in [1.165, 1.54) is 51.8 Å². The van der Waals surface area contributed by atoms with Gasteiger partial charge in [-0.1, -0.05) is 0 Å². The molecule has 0 spiro atoms. The molecule has 0 atom stereocenters. The van der Waals surface area contributed by atoms with Gasteiger partial charge in [0.25, 0.3) is 0 Å². The normalized spacial score (nSPS) is 11.6. The number of aromatic nitrogens is 1. The molecule has 1 rings (SSSR count). The molecule has 1 aromatic rings. The quantitative estimate of drug-likeness (QED) is 0.521. The van der Waals surface area contributed by atoms with Crippen molar-refractivity contribution in [1.82, 2.24) is 4.98 Å². The Morgan fingerprint density at radius 3 is 1.90 bits per heavy atom. The summed E-state index contributed by atoms with van der Waals surface area (Å²) in [6.45, 7) is 7.01. The van der Waals surface area contributed by atoms with Crippen LogP contribution in [0.2, 0.25) is 13.3 Å². The molecule has 0 amide bonds. The molecule has 120 valence electrons. The third-order valence-corrected chi connectivity index (χ3v) is 20.3. The first kappa shape index (κ1) is 18.8. The fourth-order valence-electron chi connectivity index (χ4n) is 3.25. The van der Waals surface area contributed by atoms with Crippen molar-refractivity contribution in [3.63, 3.8) is 0 Å². The van der Waals surface area contributed by atoms with Crippen molar-refractivity contribution in [2.45, 2.75) is 72.6 Å². The van der Waals surface area contributed by atoms with E-state index in [0.29, 0.717) is 0 Å². The van der Waals surface area contributed by atoms with Crippen molar-refractivity contribution in [2.24, 2.45) is 0 Å². The number of hydrogen-bond acceptors (Lipinski definition) is 2. The van der Waals surface area contributed by atoms with Crippen LogP contribution in [-0.2, 0) is 0 Å². The van der Waals surface area contributed by atoms with Gasteiger partial charge in [0.2, 0.25) is 0 Å². The van der Waals surface area contributed by atoms with Crippen LogP contribution in [0.15, 0.2) is 18.3 Å². The third-order valence-electron chi connectivity index (χ3n) is 4.66. The Labute approximate surface area is 136 Å². The molecule has 0 aliphatic carbocycles. The molecule has 0 aliphatic heterocycles. The van der Waals surface area contributed by atoms with Crippen molar-refractivity contribution in [3.8, 4) is 0 Å². The SMILES string of the molecule is CCC[CH2][Sn]([CH2]CCC)([CH2]CCC)[c]1ccnc(NC)c1. The van der Waals surface area contributed by atoms with Gasteiger partial charge >= 0.3 is 136 Å². The van der Waals surface area contributed by atoms with E-state index in [1.807, 2.05) is 13.2 Å². The summed E-state index contributed by atoms with van der Waals surface area (Å²) in [5.74, 6) is 1.05. The molecule has 0 saturated heterocycles. The van der Waals surface area contributed by atoms with Gasteiger partial charge in [-0.2, -0.15) is 0 Å². The number of unbranched alkanes of at least 4 members (excludes halogenated alkanes) is 3. The Balaban J connectivity index is 3.09. The fourth-order valence-corrected chi connectivity index (χ4v) is 19.2. The predicted octanol–water partition coefficient (Wildman–Crippen LogP) is 5.18. The molecular formula is C18H34N2Sn. The van der Waals surface area contributed by atoms with Crippen LogP contribution in [0.3, 0.4) is 0 Å². The Morgan fingerprint density at radius 1 is 0.952 bits per heavy atom. The molecule has 0 aromatic carbocycles. The predicted molar refractivity (Wildman–Crippen MR) is 98.3 cm³/mol. The molecule has 0 unspecified atom stereocenters. The molecule has 0 radical (unpaired) electrons. The number of pyridine rings is 1. The van der Waals surface area contributed by atoms with Crippen LogP contribution in [0.5, 0.6) is 0 Å². The average molecular weight is 397 g/mol. The van der Waals surface area contributed by atoms with Crippen LogP contribution in [-0.4, -0.2) is 30.4 Å². The Morgan fingerprint density at radius 2 is 1.48 bits per heavy atom. The maximum absolute atomic E-state index is 4.43. The van der Waals surface area contributed by atoms with Gasteiger partial charge in [0.05, 0.1) is 0 Å². The van der Waals surface area contributed by atoms with E-state index in [2.05, 4.69) is 43.2 Å². The molecule has 2 nitrogen and oxygen atoms in total. The summed E-state index contributed by atoms with van der Waals surface area (Å²) < 4.78 is 6.29. The molecule has 1 aromatic heterocycles. The minimum atomic E-state index is -2.24. The van der Waals surface area contributed by atoms with Crippen LogP contribution < -0.4 is 8.90 Å². The zero-order valence-corrected chi connectivity index (χ0v) is 17.4. The van der Waals surface area contributed by atoms with Crippen LogP contribution in [0.4, 0.5) is 5.82 Å². The first-order chi connectivity index (χ1) is 10.2. The summed E-state index contributed by atoms with van der Waals surface area (Å²) in [7, 11) is 1.98. The third kappa shape index (κ3) is 5.80. The van der Waals surface area contributed by atoms with Crippen molar-refractivity contribution in [2.75, 3.05) is 12.4 Å².